The Kier molecular flexibility index (Phi) is 5.17. The van der Waals surface area contributed by atoms with Gasteiger partial charge in [0, 0.05) is 12.3 Å². The number of nitrogens with two attached hydrogens (primary N) is 1. The second-order valence-corrected chi connectivity index (χ2v) is 8.30. The lowest BCUT2D eigenvalue weighted by Gasteiger charge is -2.16. The van der Waals surface area contributed by atoms with Gasteiger partial charge in [-0.3, -0.25) is 0 Å². The van der Waals surface area contributed by atoms with Crippen molar-refractivity contribution in [2.45, 2.75) is 42.5 Å². The zero-order chi connectivity index (χ0) is 15.6. The van der Waals surface area contributed by atoms with Crippen LogP contribution in [-0.2, 0) is 19.9 Å². The number of sulfonamides is 1. The molecule has 0 atom stereocenters. The monoisotopic (exact) mass is 320 g/mol. The lowest BCUT2D eigenvalue weighted by molar-refractivity contribution is 0.530. The van der Waals surface area contributed by atoms with E-state index in [0.717, 1.165) is 12.3 Å². The van der Waals surface area contributed by atoms with E-state index in [9.17, 15) is 16.8 Å². The quantitative estimate of drug-likeness (QED) is 0.764. The van der Waals surface area contributed by atoms with Gasteiger partial charge in [-0.05, 0) is 31.0 Å². The summed E-state index contributed by atoms with van der Waals surface area (Å²) in [4.78, 5) is -0.274. The number of sulfone groups is 1. The molecule has 0 fully saturated rings. The zero-order valence-corrected chi connectivity index (χ0v) is 13.4. The predicted octanol–water partition coefficient (Wildman–Crippen LogP) is 1.14. The molecule has 0 aliphatic rings. The Bertz CT molecular complexity index is 677. The van der Waals surface area contributed by atoms with Crippen LogP contribution in [0, 0.1) is 0 Å². The van der Waals surface area contributed by atoms with Crippen molar-refractivity contribution >= 4 is 25.5 Å². The maximum absolute atomic E-state index is 12.3. The van der Waals surface area contributed by atoms with Crippen LogP contribution >= 0.6 is 0 Å². The molecule has 6 nitrogen and oxygen atoms in total. The van der Waals surface area contributed by atoms with Gasteiger partial charge in [-0.15, -0.1) is 0 Å². The first-order valence-corrected chi connectivity index (χ1v) is 9.61. The molecule has 0 unspecified atom stereocenters. The van der Waals surface area contributed by atoms with E-state index in [1.165, 1.54) is 12.1 Å². The highest BCUT2D eigenvalue weighted by Crippen LogP contribution is 2.23. The number of benzene rings is 1. The van der Waals surface area contributed by atoms with Crippen LogP contribution in [0.3, 0.4) is 0 Å². The van der Waals surface area contributed by atoms with Crippen LogP contribution in [-0.4, -0.2) is 29.1 Å². The summed E-state index contributed by atoms with van der Waals surface area (Å²) >= 11 is 0. The highest BCUT2D eigenvalue weighted by atomic mass is 32.2. The van der Waals surface area contributed by atoms with Crippen molar-refractivity contribution in [1.29, 1.82) is 0 Å². The first-order chi connectivity index (χ1) is 9.11. The third-order valence-electron chi connectivity index (χ3n) is 3.01. The Morgan fingerprint density at radius 2 is 1.70 bits per heavy atom. The summed E-state index contributed by atoms with van der Waals surface area (Å²) in [6.45, 7) is 3.74. The fourth-order valence-electron chi connectivity index (χ4n) is 1.72. The minimum Gasteiger partial charge on any atom is -0.398 e. The molecule has 0 aliphatic carbocycles. The number of hydrogen-bond donors (Lipinski definition) is 2. The van der Waals surface area contributed by atoms with Gasteiger partial charge in [0.25, 0.3) is 0 Å². The Morgan fingerprint density at radius 1 is 1.15 bits per heavy atom. The molecule has 0 bridgehead atoms. The zero-order valence-electron chi connectivity index (χ0n) is 11.8. The van der Waals surface area contributed by atoms with Crippen molar-refractivity contribution in [3.8, 4) is 0 Å². The molecule has 0 radical (unpaired) electrons. The van der Waals surface area contributed by atoms with Gasteiger partial charge in [0.15, 0.2) is 9.84 Å². The molecule has 0 saturated carbocycles. The minimum absolute atomic E-state index is 0.0239. The first-order valence-electron chi connectivity index (χ1n) is 6.23. The lowest BCUT2D eigenvalue weighted by Crippen LogP contribution is -2.34. The van der Waals surface area contributed by atoms with Gasteiger partial charge in [-0.1, -0.05) is 13.8 Å². The SMILES string of the molecule is CCC(CC)NS(=O)(=O)c1cc(S(C)(=O)=O)ccc1N. The van der Waals surface area contributed by atoms with Crippen LogP contribution in [0.5, 0.6) is 0 Å². The Morgan fingerprint density at radius 3 is 2.15 bits per heavy atom. The maximum atomic E-state index is 12.3. The van der Waals surface area contributed by atoms with E-state index in [-0.39, 0.29) is 21.5 Å². The molecule has 0 heterocycles. The highest BCUT2D eigenvalue weighted by Gasteiger charge is 2.22. The van der Waals surface area contributed by atoms with Gasteiger partial charge in [0.05, 0.1) is 10.6 Å². The third-order valence-corrected chi connectivity index (χ3v) is 5.70. The molecule has 0 aromatic heterocycles. The van der Waals surface area contributed by atoms with Crippen LogP contribution in [0.4, 0.5) is 5.69 Å². The Balaban J connectivity index is 3.31. The Labute approximate surface area is 120 Å². The smallest absolute Gasteiger partial charge is 0.242 e. The summed E-state index contributed by atoms with van der Waals surface area (Å²) in [6.07, 6.45) is 2.30. The van der Waals surface area contributed by atoms with Crippen LogP contribution in [0.25, 0.3) is 0 Å². The van der Waals surface area contributed by atoms with Gasteiger partial charge in [-0.2, -0.15) is 0 Å². The first kappa shape index (κ1) is 16.9. The van der Waals surface area contributed by atoms with Crippen molar-refractivity contribution in [2.24, 2.45) is 0 Å². The van der Waals surface area contributed by atoms with Crippen molar-refractivity contribution in [3.63, 3.8) is 0 Å². The number of nitrogens with one attached hydrogen (secondary N) is 1. The fourth-order valence-corrected chi connectivity index (χ4v) is 4.00. The molecule has 0 aliphatic heterocycles. The molecular weight excluding hydrogens is 300 g/mol. The van der Waals surface area contributed by atoms with E-state index in [1.807, 2.05) is 13.8 Å². The summed E-state index contributed by atoms with van der Waals surface area (Å²) in [5.74, 6) is 0. The summed E-state index contributed by atoms with van der Waals surface area (Å²) in [6, 6.07) is 3.47. The van der Waals surface area contributed by atoms with Crippen LogP contribution < -0.4 is 10.5 Å². The van der Waals surface area contributed by atoms with E-state index in [1.54, 1.807) is 0 Å². The van der Waals surface area contributed by atoms with Gasteiger partial charge in [0.1, 0.15) is 4.90 Å². The van der Waals surface area contributed by atoms with Gasteiger partial charge in [-0.25, -0.2) is 21.6 Å². The van der Waals surface area contributed by atoms with Crippen molar-refractivity contribution in [2.75, 3.05) is 12.0 Å². The molecule has 114 valence electrons. The van der Waals surface area contributed by atoms with Crippen LogP contribution in [0.15, 0.2) is 28.0 Å². The summed E-state index contributed by atoms with van der Waals surface area (Å²) in [5.41, 5.74) is 5.69. The Hall–Kier alpha value is -1.12. The summed E-state index contributed by atoms with van der Waals surface area (Å²) in [7, 11) is -7.33. The van der Waals surface area contributed by atoms with Crippen LogP contribution in [0.1, 0.15) is 26.7 Å². The van der Waals surface area contributed by atoms with E-state index in [2.05, 4.69) is 4.72 Å². The molecule has 3 N–H and O–H groups in total. The average molecular weight is 320 g/mol. The predicted molar refractivity (Wildman–Crippen MR) is 78.7 cm³/mol. The van der Waals surface area contributed by atoms with Crippen molar-refractivity contribution < 1.29 is 16.8 Å². The third kappa shape index (κ3) is 3.94. The molecule has 0 amide bonds. The molecule has 0 saturated heterocycles. The minimum atomic E-state index is -3.84. The van der Waals surface area contributed by atoms with Crippen molar-refractivity contribution in [3.05, 3.63) is 18.2 Å². The van der Waals surface area contributed by atoms with Gasteiger partial charge in [0.2, 0.25) is 10.0 Å². The van der Waals surface area contributed by atoms with E-state index < -0.39 is 19.9 Å². The molecule has 8 heteroatoms. The van der Waals surface area contributed by atoms with E-state index >= 15 is 0 Å². The average Bonchev–Trinajstić information content (AvgIpc) is 2.34. The van der Waals surface area contributed by atoms with Gasteiger partial charge < -0.3 is 5.73 Å². The van der Waals surface area contributed by atoms with E-state index in [0.29, 0.717) is 12.8 Å². The lowest BCUT2D eigenvalue weighted by atomic mass is 10.2. The number of anilines is 1. The highest BCUT2D eigenvalue weighted by molar-refractivity contribution is 7.91. The molecule has 0 spiro atoms. The largest absolute Gasteiger partial charge is 0.398 e. The summed E-state index contributed by atoms with van der Waals surface area (Å²) in [5, 5.41) is 0. The normalized spacial score (nSPS) is 12.8. The number of rotatable bonds is 6. The molecule has 1 rings (SSSR count). The second kappa shape index (κ2) is 6.11. The topological polar surface area (TPSA) is 106 Å². The number of nitrogen functional groups attached to an aromatic ring is 1. The second-order valence-electron chi connectivity index (χ2n) is 4.61. The fraction of sp³-hybridized carbons (Fsp3) is 0.500. The van der Waals surface area contributed by atoms with Crippen LogP contribution in [0.2, 0.25) is 0 Å². The number of hydrogen-bond acceptors (Lipinski definition) is 5. The molecule has 1 aromatic carbocycles. The molecular formula is C12H20N2O4S2. The summed E-state index contributed by atoms with van der Waals surface area (Å²) < 4.78 is 50.1. The maximum Gasteiger partial charge on any atom is 0.242 e. The standard InChI is InChI=1S/C12H20N2O4S2/c1-4-9(5-2)14-20(17,18)12-8-10(19(3,15)16)6-7-11(12)13/h6-9,14H,4-5,13H2,1-3H3. The molecule has 1 aromatic rings. The molecule has 20 heavy (non-hydrogen) atoms. The van der Waals surface area contributed by atoms with Crippen molar-refractivity contribution in [1.82, 2.24) is 4.72 Å². The van der Waals surface area contributed by atoms with Gasteiger partial charge >= 0.3 is 0 Å². The van der Waals surface area contributed by atoms with E-state index in [4.69, 9.17) is 5.73 Å².